The SMILES string of the molecule is CS(=O)(=O)N1CC(C(=O)N[C@@H](Cc2cc(F)cc(F)c2)[C@H](O)[C@H]2C[C@@H](OCc3ccccc3)CN2)C1. The highest BCUT2D eigenvalue weighted by Gasteiger charge is 2.40. The number of hydrogen-bond donors (Lipinski definition) is 3. The maximum Gasteiger partial charge on any atom is 0.226 e. The molecule has 0 aliphatic carbocycles. The number of ether oxygens (including phenoxy) is 1. The van der Waals surface area contributed by atoms with E-state index in [4.69, 9.17) is 4.74 Å². The van der Waals surface area contributed by atoms with Crippen LogP contribution in [0.5, 0.6) is 0 Å². The highest BCUT2D eigenvalue weighted by Crippen LogP contribution is 2.22. The molecule has 0 aromatic heterocycles. The molecule has 8 nitrogen and oxygen atoms in total. The van der Waals surface area contributed by atoms with Crippen molar-refractivity contribution in [2.75, 3.05) is 25.9 Å². The van der Waals surface area contributed by atoms with Gasteiger partial charge in [0.25, 0.3) is 0 Å². The van der Waals surface area contributed by atoms with E-state index < -0.39 is 51.7 Å². The number of rotatable bonds is 10. The monoisotopic (exact) mass is 523 g/mol. The van der Waals surface area contributed by atoms with Gasteiger partial charge >= 0.3 is 0 Å². The summed E-state index contributed by atoms with van der Waals surface area (Å²) in [4.78, 5) is 12.8. The number of benzene rings is 2. The van der Waals surface area contributed by atoms with E-state index in [1.807, 2.05) is 30.3 Å². The number of nitrogens with one attached hydrogen (secondary N) is 2. The first-order valence-corrected chi connectivity index (χ1v) is 13.7. The van der Waals surface area contributed by atoms with Crippen LogP contribution >= 0.6 is 0 Å². The molecule has 2 heterocycles. The van der Waals surface area contributed by atoms with Gasteiger partial charge in [0.15, 0.2) is 0 Å². The minimum atomic E-state index is -3.38. The van der Waals surface area contributed by atoms with E-state index >= 15 is 0 Å². The number of aliphatic hydroxyl groups excluding tert-OH is 1. The Hall–Kier alpha value is -2.44. The van der Waals surface area contributed by atoms with Gasteiger partial charge in [-0.2, -0.15) is 0 Å². The average Bonchev–Trinajstić information content (AvgIpc) is 3.24. The van der Waals surface area contributed by atoms with Gasteiger partial charge in [-0.3, -0.25) is 4.79 Å². The second-order valence-electron chi connectivity index (χ2n) is 9.53. The van der Waals surface area contributed by atoms with Crippen molar-refractivity contribution in [1.82, 2.24) is 14.9 Å². The van der Waals surface area contributed by atoms with Crippen LogP contribution in [0.2, 0.25) is 0 Å². The van der Waals surface area contributed by atoms with Crippen LogP contribution in [0.15, 0.2) is 48.5 Å². The summed E-state index contributed by atoms with van der Waals surface area (Å²) in [7, 11) is -3.38. The summed E-state index contributed by atoms with van der Waals surface area (Å²) in [5.74, 6) is -2.47. The van der Waals surface area contributed by atoms with Crippen molar-refractivity contribution >= 4 is 15.9 Å². The minimum Gasteiger partial charge on any atom is -0.389 e. The van der Waals surface area contributed by atoms with Crippen molar-refractivity contribution in [1.29, 1.82) is 0 Å². The fraction of sp³-hybridized carbons (Fsp3) is 0.480. The normalized spacial score (nSPS) is 22.7. The van der Waals surface area contributed by atoms with E-state index in [0.29, 0.717) is 19.6 Å². The van der Waals surface area contributed by atoms with E-state index in [2.05, 4.69) is 10.6 Å². The fourth-order valence-electron chi connectivity index (χ4n) is 4.60. The molecule has 2 saturated heterocycles. The summed E-state index contributed by atoms with van der Waals surface area (Å²) in [6, 6.07) is 11.5. The van der Waals surface area contributed by atoms with Crippen LogP contribution < -0.4 is 10.6 Å². The molecule has 2 aromatic carbocycles. The lowest BCUT2D eigenvalue weighted by molar-refractivity contribution is -0.130. The molecule has 0 saturated carbocycles. The molecule has 0 bridgehead atoms. The van der Waals surface area contributed by atoms with Crippen molar-refractivity contribution in [2.24, 2.45) is 5.92 Å². The zero-order valence-electron chi connectivity index (χ0n) is 19.9. The first-order valence-electron chi connectivity index (χ1n) is 11.9. The molecule has 0 unspecified atom stereocenters. The van der Waals surface area contributed by atoms with Crippen molar-refractivity contribution in [3.8, 4) is 0 Å². The smallest absolute Gasteiger partial charge is 0.226 e. The summed E-state index contributed by atoms with van der Waals surface area (Å²) in [6.45, 7) is 1.05. The second kappa shape index (κ2) is 11.3. The fourth-order valence-corrected chi connectivity index (χ4v) is 5.51. The Morgan fingerprint density at radius 2 is 1.83 bits per heavy atom. The number of hydrogen-bond acceptors (Lipinski definition) is 6. The van der Waals surface area contributed by atoms with Gasteiger partial charge in [-0.1, -0.05) is 30.3 Å². The van der Waals surface area contributed by atoms with E-state index in [0.717, 1.165) is 30.0 Å². The number of carbonyl (C=O) groups is 1. The Balaban J connectivity index is 1.40. The molecule has 0 spiro atoms. The van der Waals surface area contributed by atoms with Crippen LogP contribution in [-0.4, -0.2) is 73.9 Å². The molecule has 2 fully saturated rings. The Kier molecular flexibility index (Phi) is 8.36. The van der Waals surface area contributed by atoms with Gasteiger partial charge in [0, 0.05) is 31.7 Å². The van der Waals surface area contributed by atoms with Crippen LogP contribution in [0.25, 0.3) is 0 Å². The summed E-state index contributed by atoms with van der Waals surface area (Å²) in [5, 5.41) is 17.2. The Morgan fingerprint density at radius 1 is 1.17 bits per heavy atom. The van der Waals surface area contributed by atoms with Gasteiger partial charge in [0.1, 0.15) is 11.6 Å². The largest absolute Gasteiger partial charge is 0.389 e. The molecule has 2 aliphatic rings. The highest BCUT2D eigenvalue weighted by molar-refractivity contribution is 7.88. The van der Waals surface area contributed by atoms with Gasteiger partial charge in [-0.25, -0.2) is 21.5 Å². The molecule has 36 heavy (non-hydrogen) atoms. The molecule has 2 aliphatic heterocycles. The van der Waals surface area contributed by atoms with E-state index in [1.54, 1.807) is 0 Å². The number of carbonyl (C=O) groups excluding carboxylic acids is 1. The molecular weight excluding hydrogens is 492 g/mol. The zero-order valence-corrected chi connectivity index (χ0v) is 20.8. The summed E-state index contributed by atoms with van der Waals surface area (Å²) in [5.41, 5.74) is 1.32. The summed E-state index contributed by atoms with van der Waals surface area (Å²) in [6.07, 6.45) is 0.342. The molecule has 1 amide bonds. The second-order valence-corrected chi connectivity index (χ2v) is 11.5. The van der Waals surface area contributed by atoms with Gasteiger partial charge in [-0.05, 0) is 36.1 Å². The van der Waals surface area contributed by atoms with Crippen molar-refractivity contribution in [3.63, 3.8) is 0 Å². The van der Waals surface area contributed by atoms with Crippen LogP contribution in [0.1, 0.15) is 17.5 Å². The average molecular weight is 524 g/mol. The molecule has 196 valence electrons. The number of halogens is 2. The van der Waals surface area contributed by atoms with Crippen molar-refractivity contribution in [2.45, 2.75) is 43.7 Å². The van der Waals surface area contributed by atoms with E-state index in [-0.39, 0.29) is 31.2 Å². The molecule has 3 N–H and O–H groups in total. The molecule has 0 radical (unpaired) electrons. The summed E-state index contributed by atoms with van der Waals surface area (Å²) < 4.78 is 58.0. The third kappa shape index (κ3) is 6.86. The van der Waals surface area contributed by atoms with Crippen molar-refractivity contribution in [3.05, 3.63) is 71.3 Å². The van der Waals surface area contributed by atoms with Gasteiger partial charge in [-0.15, -0.1) is 0 Å². The number of sulfonamides is 1. The Labute approximate surface area is 209 Å². The quantitative estimate of drug-likeness (QED) is 0.432. The number of nitrogens with zero attached hydrogens (tertiary/aromatic N) is 1. The number of aliphatic hydroxyl groups is 1. The predicted octanol–water partition coefficient (Wildman–Crippen LogP) is 1.19. The van der Waals surface area contributed by atoms with Gasteiger partial charge < -0.3 is 20.5 Å². The predicted molar refractivity (Wildman–Crippen MR) is 129 cm³/mol. The van der Waals surface area contributed by atoms with Crippen LogP contribution in [0.4, 0.5) is 8.78 Å². The van der Waals surface area contributed by atoms with Crippen LogP contribution in [0, 0.1) is 17.6 Å². The van der Waals surface area contributed by atoms with E-state index in [9.17, 15) is 27.1 Å². The minimum absolute atomic E-state index is 0.00217. The first-order chi connectivity index (χ1) is 17.1. The van der Waals surface area contributed by atoms with Crippen molar-refractivity contribution < 1.29 is 31.8 Å². The highest BCUT2D eigenvalue weighted by atomic mass is 32.2. The Morgan fingerprint density at radius 3 is 2.47 bits per heavy atom. The third-order valence-corrected chi connectivity index (χ3v) is 7.91. The molecule has 4 rings (SSSR count). The lowest BCUT2D eigenvalue weighted by Crippen LogP contribution is -2.59. The molecule has 2 aromatic rings. The zero-order chi connectivity index (χ0) is 25.9. The summed E-state index contributed by atoms with van der Waals surface area (Å²) >= 11 is 0. The van der Waals surface area contributed by atoms with Crippen LogP contribution in [0.3, 0.4) is 0 Å². The maximum absolute atomic E-state index is 13.8. The topological polar surface area (TPSA) is 108 Å². The molecular formula is C25H31F2N3O5S. The maximum atomic E-state index is 13.8. The third-order valence-electron chi connectivity index (χ3n) is 6.67. The molecule has 11 heteroatoms. The Bertz CT molecular complexity index is 1140. The first kappa shape index (κ1) is 26.6. The van der Waals surface area contributed by atoms with E-state index in [1.165, 1.54) is 4.31 Å². The molecule has 4 atom stereocenters. The van der Waals surface area contributed by atoms with Crippen LogP contribution in [-0.2, 0) is 32.6 Å². The van der Waals surface area contributed by atoms with Gasteiger partial charge in [0.05, 0.1) is 37.0 Å². The standard InChI is InChI=1S/C25H31F2N3O5S/c1-36(33,34)30-13-18(14-30)25(32)29-23(9-17-7-19(26)10-20(27)8-17)24(31)22-11-21(12-28-22)35-15-16-5-3-2-4-6-16/h2-8,10,18,21-24,28,31H,9,11-15H2,1H3,(H,29,32)/t21-,22-,23+,24-/m1/s1. The lowest BCUT2D eigenvalue weighted by Gasteiger charge is -2.37. The lowest BCUT2D eigenvalue weighted by atomic mass is 9.93. The number of amides is 1. The van der Waals surface area contributed by atoms with Gasteiger partial charge in [0.2, 0.25) is 15.9 Å².